The van der Waals surface area contributed by atoms with Crippen molar-refractivity contribution in [2.45, 2.75) is 18.9 Å². The highest BCUT2D eigenvalue weighted by Crippen LogP contribution is 2.21. The maximum absolute atomic E-state index is 11.8. The second-order valence-corrected chi connectivity index (χ2v) is 5.10. The number of hydrogen-bond acceptors (Lipinski definition) is 2. The number of imide groups is 1. The van der Waals surface area contributed by atoms with Crippen LogP contribution in [0, 0.1) is 0 Å². The van der Waals surface area contributed by atoms with Gasteiger partial charge in [0.1, 0.15) is 5.54 Å². The Kier molecular flexibility index (Phi) is 2.52. The SMILES string of the molecule is CC1(Cc2ccc3ccccc3c2)NC(=O)NC1=O. The molecule has 1 fully saturated rings. The number of amides is 3. The van der Waals surface area contributed by atoms with Crippen LogP contribution in [-0.4, -0.2) is 17.5 Å². The van der Waals surface area contributed by atoms with Crippen molar-refractivity contribution in [3.63, 3.8) is 0 Å². The molecule has 4 heteroatoms. The van der Waals surface area contributed by atoms with Crippen LogP contribution in [0.3, 0.4) is 0 Å². The van der Waals surface area contributed by atoms with Gasteiger partial charge in [0.2, 0.25) is 0 Å². The molecule has 96 valence electrons. The van der Waals surface area contributed by atoms with Gasteiger partial charge in [-0.05, 0) is 23.3 Å². The Labute approximate surface area is 110 Å². The summed E-state index contributed by atoms with van der Waals surface area (Å²) < 4.78 is 0. The Hall–Kier alpha value is -2.36. The van der Waals surface area contributed by atoms with E-state index in [2.05, 4.69) is 16.7 Å². The van der Waals surface area contributed by atoms with E-state index < -0.39 is 11.6 Å². The number of nitrogens with one attached hydrogen (secondary N) is 2. The zero-order valence-corrected chi connectivity index (χ0v) is 10.6. The molecule has 0 spiro atoms. The van der Waals surface area contributed by atoms with Crippen molar-refractivity contribution in [2.75, 3.05) is 0 Å². The summed E-state index contributed by atoms with van der Waals surface area (Å²) in [5.74, 6) is -0.273. The van der Waals surface area contributed by atoms with E-state index in [4.69, 9.17) is 0 Å². The van der Waals surface area contributed by atoms with E-state index in [1.54, 1.807) is 6.92 Å². The second kappa shape index (κ2) is 4.09. The zero-order chi connectivity index (χ0) is 13.5. The van der Waals surface area contributed by atoms with Crippen LogP contribution >= 0.6 is 0 Å². The average Bonchev–Trinajstić information content (AvgIpc) is 2.62. The van der Waals surface area contributed by atoms with Gasteiger partial charge in [-0.3, -0.25) is 10.1 Å². The van der Waals surface area contributed by atoms with Gasteiger partial charge in [0.05, 0.1) is 0 Å². The summed E-state index contributed by atoms with van der Waals surface area (Å²) in [4.78, 5) is 23.0. The van der Waals surface area contributed by atoms with E-state index >= 15 is 0 Å². The fraction of sp³-hybridized carbons (Fsp3) is 0.200. The van der Waals surface area contributed by atoms with Crippen molar-refractivity contribution in [3.05, 3.63) is 48.0 Å². The maximum atomic E-state index is 11.8. The fourth-order valence-electron chi connectivity index (χ4n) is 2.46. The Morgan fingerprint density at radius 2 is 1.79 bits per heavy atom. The van der Waals surface area contributed by atoms with Crippen molar-refractivity contribution in [1.29, 1.82) is 0 Å². The summed E-state index contributed by atoms with van der Waals surface area (Å²) in [6.07, 6.45) is 0.482. The average molecular weight is 254 g/mol. The Morgan fingerprint density at radius 1 is 1.05 bits per heavy atom. The first kappa shape index (κ1) is 11.7. The largest absolute Gasteiger partial charge is 0.323 e. The number of urea groups is 1. The van der Waals surface area contributed by atoms with E-state index in [-0.39, 0.29) is 5.91 Å². The van der Waals surface area contributed by atoms with Crippen molar-refractivity contribution in [1.82, 2.24) is 10.6 Å². The first-order valence-electron chi connectivity index (χ1n) is 6.18. The highest BCUT2D eigenvalue weighted by Gasteiger charge is 2.41. The molecule has 2 aromatic rings. The van der Waals surface area contributed by atoms with Crippen molar-refractivity contribution in [2.24, 2.45) is 0 Å². The van der Waals surface area contributed by atoms with Gasteiger partial charge in [-0.15, -0.1) is 0 Å². The molecule has 0 aromatic heterocycles. The molecule has 1 heterocycles. The first-order chi connectivity index (χ1) is 9.07. The lowest BCUT2D eigenvalue weighted by molar-refractivity contribution is -0.123. The molecule has 3 rings (SSSR count). The van der Waals surface area contributed by atoms with Crippen LogP contribution in [0.2, 0.25) is 0 Å². The molecular weight excluding hydrogens is 240 g/mol. The van der Waals surface area contributed by atoms with E-state index in [0.29, 0.717) is 6.42 Å². The smallest absolute Gasteiger partial charge is 0.322 e. The first-order valence-corrected chi connectivity index (χ1v) is 6.18. The lowest BCUT2D eigenvalue weighted by Gasteiger charge is -2.20. The molecule has 0 bridgehead atoms. The van der Waals surface area contributed by atoms with Gasteiger partial charge in [0, 0.05) is 6.42 Å². The molecule has 1 unspecified atom stereocenters. The van der Waals surface area contributed by atoms with E-state index in [1.165, 1.54) is 0 Å². The van der Waals surface area contributed by atoms with Gasteiger partial charge >= 0.3 is 6.03 Å². The minimum atomic E-state index is -0.862. The van der Waals surface area contributed by atoms with Gasteiger partial charge in [-0.25, -0.2) is 4.79 Å². The minimum absolute atomic E-state index is 0.273. The van der Waals surface area contributed by atoms with Crippen LogP contribution in [0.1, 0.15) is 12.5 Å². The van der Waals surface area contributed by atoms with Crippen LogP contribution in [0.5, 0.6) is 0 Å². The lowest BCUT2D eigenvalue weighted by Crippen LogP contribution is -2.45. The number of carbonyl (C=O) groups is 2. The number of benzene rings is 2. The highest BCUT2D eigenvalue weighted by atomic mass is 16.2. The third-order valence-electron chi connectivity index (χ3n) is 3.49. The summed E-state index contributed by atoms with van der Waals surface area (Å²) in [6, 6.07) is 13.7. The third-order valence-corrected chi connectivity index (χ3v) is 3.49. The molecule has 19 heavy (non-hydrogen) atoms. The highest BCUT2D eigenvalue weighted by molar-refractivity contribution is 6.06. The number of carbonyl (C=O) groups excluding carboxylic acids is 2. The van der Waals surface area contributed by atoms with Crippen molar-refractivity contribution in [3.8, 4) is 0 Å². The predicted molar refractivity (Wildman–Crippen MR) is 72.7 cm³/mol. The minimum Gasteiger partial charge on any atom is -0.323 e. The number of hydrogen-bond donors (Lipinski definition) is 2. The van der Waals surface area contributed by atoms with Crippen molar-refractivity contribution >= 4 is 22.7 Å². The van der Waals surface area contributed by atoms with Gasteiger partial charge in [-0.1, -0.05) is 42.5 Å². The van der Waals surface area contributed by atoms with Crippen LogP contribution < -0.4 is 10.6 Å². The van der Waals surface area contributed by atoms with Gasteiger partial charge in [0.15, 0.2) is 0 Å². The van der Waals surface area contributed by atoms with Gasteiger partial charge in [-0.2, -0.15) is 0 Å². The standard InChI is InChI=1S/C15H14N2O2/c1-15(13(18)16-14(19)17-15)9-10-6-7-11-4-2-3-5-12(11)8-10/h2-8H,9H2,1H3,(H2,16,17,18,19). The molecule has 1 atom stereocenters. The fourth-order valence-corrected chi connectivity index (χ4v) is 2.46. The monoisotopic (exact) mass is 254 g/mol. The second-order valence-electron chi connectivity index (χ2n) is 5.10. The Balaban J connectivity index is 1.93. The third kappa shape index (κ3) is 2.05. The number of fused-ring (bicyclic) bond motifs is 1. The molecule has 2 N–H and O–H groups in total. The maximum Gasteiger partial charge on any atom is 0.322 e. The summed E-state index contributed by atoms with van der Waals surface area (Å²) in [7, 11) is 0. The predicted octanol–water partition coefficient (Wildman–Crippen LogP) is 1.98. The Morgan fingerprint density at radius 3 is 2.47 bits per heavy atom. The van der Waals surface area contributed by atoms with Crippen LogP contribution in [-0.2, 0) is 11.2 Å². The van der Waals surface area contributed by atoms with Gasteiger partial charge in [0.25, 0.3) is 5.91 Å². The molecule has 0 aliphatic carbocycles. The van der Waals surface area contributed by atoms with Crippen molar-refractivity contribution < 1.29 is 9.59 Å². The van der Waals surface area contributed by atoms with E-state index in [0.717, 1.165) is 16.3 Å². The summed E-state index contributed by atoms with van der Waals surface area (Å²) in [5.41, 5.74) is 0.165. The van der Waals surface area contributed by atoms with E-state index in [1.807, 2.05) is 36.4 Å². The molecule has 4 nitrogen and oxygen atoms in total. The molecule has 0 radical (unpaired) electrons. The molecule has 2 aromatic carbocycles. The topological polar surface area (TPSA) is 58.2 Å². The molecule has 3 amide bonds. The van der Waals surface area contributed by atoms with Crippen LogP contribution in [0.4, 0.5) is 4.79 Å². The normalized spacial score (nSPS) is 22.4. The molecular formula is C15H14N2O2. The summed E-state index contributed by atoms with van der Waals surface area (Å²) >= 11 is 0. The molecule has 1 aliphatic rings. The summed E-state index contributed by atoms with van der Waals surface area (Å²) in [6.45, 7) is 1.74. The molecule has 1 aliphatic heterocycles. The number of rotatable bonds is 2. The molecule has 1 saturated heterocycles. The lowest BCUT2D eigenvalue weighted by atomic mass is 9.92. The zero-order valence-electron chi connectivity index (χ0n) is 10.6. The summed E-state index contributed by atoms with van der Waals surface area (Å²) in [5, 5.41) is 7.25. The van der Waals surface area contributed by atoms with Crippen LogP contribution in [0.25, 0.3) is 10.8 Å². The van der Waals surface area contributed by atoms with Crippen LogP contribution in [0.15, 0.2) is 42.5 Å². The van der Waals surface area contributed by atoms with E-state index in [9.17, 15) is 9.59 Å². The quantitative estimate of drug-likeness (QED) is 0.805. The van der Waals surface area contributed by atoms with Gasteiger partial charge < -0.3 is 5.32 Å². The molecule has 0 saturated carbocycles. The Bertz CT molecular complexity index is 681.